The van der Waals surface area contributed by atoms with E-state index in [0.29, 0.717) is 5.92 Å². The molecule has 1 fully saturated rings. The summed E-state index contributed by atoms with van der Waals surface area (Å²) in [5.74, 6) is 1.23. The molecule has 0 aromatic carbocycles. The number of aromatic nitrogens is 1. The number of aliphatic hydroxyl groups excluding tert-OH is 1. The molecule has 3 unspecified atom stereocenters. The van der Waals surface area contributed by atoms with Crippen molar-refractivity contribution < 1.29 is 5.11 Å². The van der Waals surface area contributed by atoms with Crippen LogP contribution in [0.1, 0.15) is 62.1 Å². The quantitative estimate of drug-likeness (QED) is 0.877. The van der Waals surface area contributed by atoms with E-state index in [9.17, 15) is 5.11 Å². The van der Waals surface area contributed by atoms with E-state index in [1.165, 1.54) is 25.7 Å². The van der Waals surface area contributed by atoms with Crippen molar-refractivity contribution in [2.45, 2.75) is 59.0 Å². The molecule has 1 saturated carbocycles. The van der Waals surface area contributed by atoms with E-state index >= 15 is 0 Å². The van der Waals surface area contributed by atoms with E-state index in [0.717, 1.165) is 29.3 Å². The summed E-state index contributed by atoms with van der Waals surface area (Å²) in [6, 6.07) is 4.06. The van der Waals surface area contributed by atoms with Gasteiger partial charge in [0, 0.05) is 17.0 Å². The molecule has 0 saturated heterocycles. The third kappa shape index (κ3) is 2.92. The van der Waals surface area contributed by atoms with Crippen molar-refractivity contribution in [3.63, 3.8) is 0 Å². The molecule has 1 heterocycles. The predicted molar refractivity (Wildman–Crippen MR) is 74.4 cm³/mol. The fourth-order valence-electron chi connectivity index (χ4n) is 3.25. The lowest BCUT2D eigenvalue weighted by atomic mass is 9.76. The number of hydrogen-bond acceptors (Lipinski definition) is 2. The minimum absolute atomic E-state index is 0.326. The fourth-order valence-corrected chi connectivity index (χ4v) is 3.25. The van der Waals surface area contributed by atoms with Gasteiger partial charge < -0.3 is 5.11 Å². The minimum atomic E-state index is -0.326. The van der Waals surface area contributed by atoms with E-state index in [4.69, 9.17) is 0 Å². The van der Waals surface area contributed by atoms with Gasteiger partial charge in [0.05, 0.1) is 6.10 Å². The molecule has 1 aromatic rings. The maximum atomic E-state index is 10.6. The maximum Gasteiger partial charge on any atom is 0.0835 e. The zero-order chi connectivity index (χ0) is 13.1. The topological polar surface area (TPSA) is 33.1 Å². The lowest BCUT2D eigenvalue weighted by molar-refractivity contribution is 0.0670. The minimum Gasteiger partial charge on any atom is -0.388 e. The van der Waals surface area contributed by atoms with Crippen LogP contribution < -0.4 is 0 Å². The van der Waals surface area contributed by atoms with Crippen molar-refractivity contribution in [1.82, 2.24) is 4.98 Å². The Bertz CT molecular complexity index is 402. The molecule has 100 valence electrons. The first kappa shape index (κ1) is 13.5. The van der Waals surface area contributed by atoms with E-state index in [1.807, 2.05) is 19.9 Å². The van der Waals surface area contributed by atoms with Crippen LogP contribution >= 0.6 is 0 Å². The van der Waals surface area contributed by atoms with Gasteiger partial charge in [-0.3, -0.25) is 4.98 Å². The number of rotatable bonds is 3. The fraction of sp³-hybridized carbons (Fsp3) is 0.688. The molecular formula is C16H25NO. The molecule has 3 atom stereocenters. The zero-order valence-electron chi connectivity index (χ0n) is 11.8. The van der Waals surface area contributed by atoms with Crippen LogP contribution in [0.5, 0.6) is 0 Å². The Morgan fingerprint density at radius 2 is 2.11 bits per heavy atom. The molecule has 1 aromatic heterocycles. The third-order valence-corrected chi connectivity index (χ3v) is 4.43. The molecular weight excluding hydrogens is 222 g/mol. The van der Waals surface area contributed by atoms with E-state index < -0.39 is 0 Å². The first-order valence-corrected chi connectivity index (χ1v) is 7.24. The van der Waals surface area contributed by atoms with Gasteiger partial charge in [-0.15, -0.1) is 0 Å². The van der Waals surface area contributed by atoms with Crippen LogP contribution in [0.4, 0.5) is 0 Å². The van der Waals surface area contributed by atoms with Crippen molar-refractivity contribution in [2.24, 2.45) is 11.8 Å². The normalized spacial score (nSPS) is 26.0. The molecule has 18 heavy (non-hydrogen) atoms. The largest absolute Gasteiger partial charge is 0.388 e. The molecule has 1 aliphatic rings. The Labute approximate surface area is 110 Å². The average molecular weight is 247 g/mol. The lowest BCUT2D eigenvalue weighted by Gasteiger charge is -2.32. The van der Waals surface area contributed by atoms with Gasteiger partial charge in [0.2, 0.25) is 0 Å². The van der Waals surface area contributed by atoms with Gasteiger partial charge in [-0.2, -0.15) is 0 Å². The van der Waals surface area contributed by atoms with E-state index in [1.54, 1.807) is 0 Å². The highest BCUT2D eigenvalue weighted by atomic mass is 16.3. The SMILES string of the molecule is CCC1CCCC(C(O)c2ccc(C)nc2C)C1. The van der Waals surface area contributed by atoms with Crippen molar-refractivity contribution >= 4 is 0 Å². The monoisotopic (exact) mass is 247 g/mol. The highest BCUT2D eigenvalue weighted by Crippen LogP contribution is 2.38. The van der Waals surface area contributed by atoms with Crippen LogP contribution in [0.2, 0.25) is 0 Å². The van der Waals surface area contributed by atoms with Gasteiger partial charge >= 0.3 is 0 Å². The Balaban J connectivity index is 2.12. The second kappa shape index (κ2) is 5.83. The lowest BCUT2D eigenvalue weighted by Crippen LogP contribution is -2.22. The summed E-state index contributed by atoms with van der Waals surface area (Å²) >= 11 is 0. The van der Waals surface area contributed by atoms with Crippen LogP contribution in [0.25, 0.3) is 0 Å². The Hall–Kier alpha value is -0.890. The number of pyridine rings is 1. The van der Waals surface area contributed by atoms with Gasteiger partial charge in [-0.25, -0.2) is 0 Å². The van der Waals surface area contributed by atoms with Crippen molar-refractivity contribution in [2.75, 3.05) is 0 Å². The van der Waals surface area contributed by atoms with Crippen LogP contribution in [-0.2, 0) is 0 Å². The van der Waals surface area contributed by atoms with Crippen LogP contribution in [0.15, 0.2) is 12.1 Å². The second-order valence-corrected chi connectivity index (χ2v) is 5.77. The number of hydrogen-bond donors (Lipinski definition) is 1. The Kier molecular flexibility index (Phi) is 4.39. The molecule has 0 radical (unpaired) electrons. The van der Waals surface area contributed by atoms with Crippen molar-refractivity contribution in [3.05, 3.63) is 29.1 Å². The van der Waals surface area contributed by atoms with Gasteiger partial charge in [0.25, 0.3) is 0 Å². The van der Waals surface area contributed by atoms with E-state index in [2.05, 4.69) is 18.0 Å². The summed E-state index contributed by atoms with van der Waals surface area (Å²) in [6.07, 6.45) is 5.85. The standard InChI is InChI=1S/C16H25NO/c1-4-13-6-5-7-14(10-13)16(18)15-9-8-11(2)17-12(15)3/h8-9,13-14,16,18H,4-7,10H2,1-3H3. The molecule has 0 bridgehead atoms. The third-order valence-electron chi connectivity index (χ3n) is 4.43. The maximum absolute atomic E-state index is 10.6. The first-order chi connectivity index (χ1) is 8.61. The predicted octanol–water partition coefficient (Wildman–Crippen LogP) is 3.95. The number of aryl methyl sites for hydroxylation is 2. The molecule has 1 aliphatic carbocycles. The zero-order valence-corrected chi connectivity index (χ0v) is 11.8. The van der Waals surface area contributed by atoms with Gasteiger partial charge in [-0.1, -0.05) is 32.3 Å². The van der Waals surface area contributed by atoms with Gasteiger partial charge in [0.15, 0.2) is 0 Å². The average Bonchev–Trinajstić information content (AvgIpc) is 2.38. The van der Waals surface area contributed by atoms with Crippen molar-refractivity contribution in [3.8, 4) is 0 Å². The second-order valence-electron chi connectivity index (χ2n) is 5.77. The van der Waals surface area contributed by atoms with Crippen LogP contribution in [0, 0.1) is 25.7 Å². The molecule has 0 amide bonds. The van der Waals surface area contributed by atoms with Crippen molar-refractivity contribution in [1.29, 1.82) is 0 Å². The van der Waals surface area contributed by atoms with E-state index in [-0.39, 0.29) is 6.10 Å². The summed E-state index contributed by atoms with van der Waals surface area (Å²) in [6.45, 7) is 6.26. The van der Waals surface area contributed by atoms with Gasteiger partial charge in [-0.05, 0) is 44.6 Å². The van der Waals surface area contributed by atoms with Crippen LogP contribution in [0.3, 0.4) is 0 Å². The van der Waals surface area contributed by atoms with Gasteiger partial charge in [0.1, 0.15) is 0 Å². The number of aliphatic hydroxyl groups is 1. The summed E-state index contributed by atoms with van der Waals surface area (Å²) < 4.78 is 0. The molecule has 1 N–H and O–H groups in total. The molecule has 2 nitrogen and oxygen atoms in total. The molecule has 2 heteroatoms. The Morgan fingerprint density at radius 3 is 2.78 bits per heavy atom. The summed E-state index contributed by atoms with van der Waals surface area (Å²) in [7, 11) is 0. The highest BCUT2D eigenvalue weighted by Gasteiger charge is 2.28. The molecule has 2 rings (SSSR count). The van der Waals surface area contributed by atoms with Crippen LogP contribution in [-0.4, -0.2) is 10.1 Å². The summed E-state index contributed by atoms with van der Waals surface area (Å²) in [4.78, 5) is 4.47. The summed E-state index contributed by atoms with van der Waals surface area (Å²) in [5.41, 5.74) is 3.04. The highest BCUT2D eigenvalue weighted by molar-refractivity contribution is 5.24. The number of nitrogens with zero attached hydrogens (tertiary/aromatic N) is 1. The molecule has 0 spiro atoms. The Morgan fingerprint density at radius 1 is 1.33 bits per heavy atom. The molecule has 0 aliphatic heterocycles. The smallest absolute Gasteiger partial charge is 0.0835 e. The first-order valence-electron chi connectivity index (χ1n) is 7.24. The summed E-state index contributed by atoms with van der Waals surface area (Å²) in [5, 5.41) is 10.6.